The Labute approximate surface area is 97.8 Å². The highest BCUT2D eigenvalue weighted by Gasteiger charge is 2.23. The Balaban J connectivity index is 2.03. The van der Waals surface area contributed by atoms with Crippen LogP contribution in [0.4, 0.5) is 0 Å². The molecular formula is C10H16BrN3O. The lowest BCUT2D eigenvalue weighted by molar-refractivity contribution is 0.135. The lowest BCUT2D eigenvalue weighted by atomic mass is 9.99. The number of hydrogen-bond acceptors (Lipinski definition) is 3. The molecule has 1 heterocycles. The van der Waals surface area contributed by atoms with Gasteiger partial charge in [0, 0.05) is 7.05 Å². The van der Waals surface area contributed by atoms with Gasteiger partial charge in [-0.3, -0.25) is 0 Å². The first-order valence-electron chi connectivity index (χ1n) is 5.41. The quantitative estimate of drug-likeness (QED) is 0.919. The van der Waals surface area contributed by atoms with Gasteiger partial charge in [-0.05, 0) is 28.3 Å². The fraction of sp³-hybridized carbons (Fsp3) is 0.800. The van der Waals surface area contributed by atoms with E-state index in [0.717, 1.165) is 12.1 Å². The number of rotatable bonds is 3. The number of aryl methyl sites for hydroxylation is 1. The molecule has 1 aliphatic rings. The number of aliphatic hydroxyl groups is 1. The van der Waals surface area contributed by atoms with Gasteiger partial charge in [0.2, 0.25) is 0 Å². The van der Waals surface area contributed by atoms with E-state index in [4.69, 9.17) is 0 Å². The largest absolute Gasteiger partial charge is 0.387 e. The maximum absolute atomic E-state index is 10.1. The number of hydrogen-bond donors (Lipinski definition) is 1. The molecule has 15 heavy (non-hydrogen) atoms. The van der Waals surface area contributed by atoms with Gasteiger partial charge in [0.25, 0.3) is 0 Å². The van der Waals surface area contributed by atoms with Crippen molar-refractivity contribution < 1.29 is 5.11 Å². The summed E-state index contributed by atoms with van der Waals surface area (Å²) in [7, 11) is 1.81. The molecule has 0 spiro atoms. The first-order valence-corrected chi connectivity index (χ1v) is 6.21. The van der Waals surface area contributed by atoms with Crippen molar-refractivity contribution in [3.63, 3.8) is 0 Å². The molecule has 1 unspecified atom stereocenters. The van der Waals surface area contributed by atoms with Crippen molar-refractivity contribution in [2.24, 2.45) is 13.0 Å². The molecule has 0 aromatic carbocycles. The summed E-state index contributed by atoms with van der Waals surface area (Å²) in [6.07, 6.45) is 5.51. The monoisotopic (exact) mass is 273 g/mol. The lowest BCUT2D eigenvalue weighted by Gasteiger charge is -2.15. The summed E-state index contributed by atoms with van der Waals surface area (Å²) in [5, 5.41) is 17.9. The van der Waals surface area contributed by atoms with Crippen LogP contribution in [0, 0.1) is 5.92 Å². The summed E-state index contributed by atoms with van der Waals surface area (Å²) in [4.78, 5) is 0. The van der Waals surface area contributed by atoms with Gasteiger partial charge in [-0.25, -0.2) is 4.68 Å². The Morgan fingerprint density at radius 3 is 2.73 bits per heavy atom. The zero-order valence-corrected chi connectivity index (χ0v) is 10.4. The predicted molar refractivity (Wildman–Crippen MR) is 60.2 cm³/mol. The number of halogens is 1. The van der Waals surface area contributed by atoms with Crippen LogP contribution >= 0.6 is 15.9 Å². The molecule has 0 radical (unpaired) electrons. The highest BCUT2D eigenvalue weighted by molar-refractivity contribution is 9.10. The van der Waals surface area contributed by atoms with E-state index in [1.807, 2.05) is 7.05 Å². The molecule has 1 aromatic rings. The molecule has 84 valence electrons. The van der Waals surface area contributed by atoms with Gasteiger partial charge in [-0.1, -0.05) is 30.9 Å². The molecule has 2 rings (SSSR count). The van der Waals surface area contributed by atoms with Gasteiger partial charge in [0.1, 0.15) is 5.69 Å². The van der Waals surface area contributed by atoms with Crippen LogP contribution in [0.2, 0.25) is 0 Å². The number of nitrogens with zero attached hydrogens (tertiary/aromatic N) is 3. The molecule has 1 fully saturated rings. The fourth-order valence-corrected chi connectivity index (χ4v) is 2.96. The van der Waals surface area contributed by atoms with Gasteiger partial charge in [0.05, 0.1) is 6.10 Å². The normalized spacial score (nSPS) is 19.7. The second-order valence-electron chi connectivity index (χ2n) is 4.29. The van der Waals surface area contributed by atoms with E-state index in [1.54, 1.807) is 4.68 Å². The van der Waals surface area contributed by atoms with Crippen LogP contribution in [0.15, 0.2) is 4.60 Å². The molecular weight excluding hydrogens is 258 g/mol. The summed E-state index contributed by atoms with van der Waals surface area (Å²) in [6.45, 7) is 0. The lowest BCUT2D eigenvalue weighted by Crippen LogP contribution is -2.09. The Bertz CT molecular complexity index is 314. The summed E-state index contributed by atoms with van der Waals surface area (Å²) in [5.74, 6) is 0.668. The van der Waals surface area contributed by atoms with E-state index >= 15 is 0 Å². The van der Waals surface area contributed by atoms with Crippen molar-refractivity contribution in [2.75, 3.05) is 0 Å². The second kappa shape index (κ2) is 4.61. The van der Waals surface area contributed by atoms with Gasteiger partial charge < -0.3 is 5.11 Å². The maximum atomic E-state index is 10.1. The van der Waals surface area contributed by atoms with Crippen LogP contribution in [0.3, 0.4) is 0 Å². The van der Waals surface area contributed by atoms with Crippen LogP contribution in [-0.4, -0.2) is 20.1 Å². The van der Waals surface area contributed by atoms with Crippen molar-refractivity contribution >= 4 is 15.9 Å². The van der Waals surface area contributed by atoms with Crippen LogP contribution in [0.1, 0.15) is 43.9 Å². The van der Waals surface area contributed by atoms with Crippen LogP contribution < -0.4 is 0 Å². The SMILES string of the molecule is Cn1nnc(Br)c1C(O)CC1CCCC1. The molecule has 1 aromatic heterocycles. The average Bonchev–Trinajstić information content (AvgIpc) is 2.77. The Kier molecular flexibility index (Phi) is 3.41. The summed E-state index contributed by atoms with van der Waals surface area (Å²) in [6, 6.07) is 0. The van der Waals surface area contributed by atoms with Crippen molar-refractivity contribution in [3.8, 4) is 0 Å². The number of aliphatic hydroxyl groups excluding tert-OH is 1. The Hall–Kier alpha value is -0.420. The minimum Gasteiger partial charge on any atom is -0.387 e. The first-order chi connectivity index (χ1) is 7.18. The van der Waals surface area contributed by atoms with E-state index in [0.29, 0.717) is 10.5 Å². The predicted octanol–water partition coefficient (Wildman–Crippen LogP) is 2.19. The van der Waals surface area contributed by atoms with E-state index < -0.39 is 6.10 Å². The molecule has 0 bridgehead atoms. The summed E-state index contributed by atoms with van der Waals surface area (Å²) >= 11 is 3.31. The standard InChI is InChI=1S/C10H16BrN3O/c1-14-9(10(11)12-13-14)8(15)6-7-4-2-3-5-7/h7-8,15H,2-6H2,1H3. The van der Waals surface area contributed by atoms with Crippen LogP contribution in [0.5, 0.6) is 0 Å². The van der Waals surface area contributed by atoms with Crippen molar-refractivity contribution in [3.05, 3.63) is 10.3 Å². The van der Waals surface area contributed by atoms with Crippen LogP contribution in [0.25, 0.3) is 0 Å². The topological polar surface area (TPSA) is 50.9 Å². The van der Waals surface area contributed by atoms with Crippen molar-refractivity contribution in [2.45, 2.75) is 38.2 Å². The van der Waals surface area contributed by atoms with Gasteiger partial charge in [0.15, 0.2) is 4.60 Å². The summed E-state index contributed by atoms with van der Waals surface area (Å²) < 4.78 is 2.31. The smallest absolute Gasteiger partial charge is 0.154 e. The van der Waals surface area contributed by atoms with E-state index in [1.165, 1.54) is 25.7 Å². The van der Waals surface area contributed by atoms with Crippen molar-refractivity contribution in [1.82, 2.24) is 15.0 Å². The average molecular weight is 274 g/mol. The third kappa shape index (κ3) is 2.39. The summed E-state index contributed by atoms with van der Waals surface area (Å²) in [5.41, 5.74) is 0.793. The molecule has 1 atom stereocenters. The van der Waals surface area contributed by atoms with Gasteiger partial charge >= 0.3 is 0 Å². The molecule has 0 amide bonds. The third-order valence-electron chi connectivity index (χ3n) is 3.17. The first kappa shape index (κ1) is 11.1. The molecule has 4 nitrogen and oxygen atoms in total. The van der Waals surface area contributed by atoms with Crippen molar-refractivity contribution in [1.29, 1.82) is 0 Å². The molecule has 0 aliphatic heterocycles. The second-order valence-corrected chi connectivity index (χ2v) is 5.04. The highest BCUT2D eigenvalue weighted by atomic mass is 79.9. The minimum atomic E-state index is -0.442. The Morgan fingerprint density at radius 1 is 1.53 bits per heavy atom. The van der Waals surface area contributed by atoms with Crippen LogP contribution in [-0.2, 0) is 7.05 Å². The molecule has 0 saturated heterocycles. The molecule has 5 heteroatoms. The maximum Gasteiger partial charge on any atom is 0.154 e. The fourth-order valence-electron chi connectivity index (χ4n) is 2.37. The van der Waals surface area contributed by atoms with E-state index in [2.05, 4.69) is 26.2 Å². The number of aromatic nitrogens is 3. The van der Waals surface area contributed by atoms with E-state index in [9.17, 15) is 5.11 Å². The van der Waals surface area contributed by atoms with E-state index in [-0.39, 0.29) is 0 Å². The Morgan fingerprint density at radius 2 is 2.20 bits per heavy atom. The van der Waals surface area contributed by atoms with Gasteiger partial charge in [-0.2, -0.15) is 0 Å². The van der Waals surface area contributed by atoms with Gasteiger partial charge in [-0.15, -0.1) is 5.10 Å². The minimum absolute atomic E-state index is 0.442. The molecule has 1 saturated carbocycles. The third-order valence-corrected chi connectivity index (χ3v) is 3.74. The zero-order valence-electron chi connectivity index (χ0n) is 8.86. The molecule has 1 N–H and O–H groups in total. The molecule has 1 aliphatic carbocycles. The zero-order chi connectivity index (χ0) is 10.8. The highest BCUT2D eigenvalue weighted by Crippen LogP contribution is 2.34.